The average molecular weight is 595 g/mol. The number of aryl methyl sites for hydroxylation is 1. The Bertz CT molecular complexity index is 983. The molecule has 42 heavy (non-hydrogen) atoms. The highest BCUT2D eigenvalue weighted by atomic mass is 16.5. The summed E-state index contributed by atoms with van der Waals surface area (Å²) in [6.45, 7) is 8.21. The number of nitrogens with zero attached hydrogens (tertiary/aromatic N) is 3. The number of hydrogen-bond acceptors (Lipinski definition) is 9. The summed E-state index contributed by atoms with van der Waals surface area (Å²) in [6.07, 6.45) is 6.56. The van der Waals surface area contributed by atoms with Gasteiger partial charge in [-0.25, -0.2) is 4.68 Å². The molecule has 7 N–H and O–H groups in total. The topological polar surface area (TPSA) is 213 Å². The van der Waals surface area contributed by atoms with Crippen molar-refractivity contribution in [2.45, 2.75) is 91.1 Å². The molecule has 2 unspecified atom stereocenters. The fourth-order valence-electron chi connectivity index (χ4n) is 4.23. The summed E-state index contributed by atoms with van der Waals surface area (Å²) in [5, 5.41) is 16.8. The first-order valence-electron chi connectivity index (χ1n) is 14.9. The number of rotatable bonds is 25. The molecule has 0 saturated carbocycles. The van der Waals surface area contributed by atoms with E-state index in [1.165, 1.54) is 0 Å². The van der Waals surface area contributed by atoms with Gasteiger partial charge in [-0.15, -0.1) is 5.10 Å². The maximum atomic E-state index is 12.1. The van der Waals surface area contributed by atoms with Crippen molar-refractivity contribution in [2.24, 2.45) is 23.3 Å². The van der Waals surface area contributed by atoms with Crippen LogP contribution in [0, 0.1) is 11.8 Å². The third-order valence-corrected chi connectivity index (χ3v) is 6.67. The molecule has 2 atom stereocenters. The molecule has 0 bridgehead atoms. The van der Waals surface area contributed by atoms with Crippen molar-refractivity contribution < 1.29 is 28.7 Å². The van der Waals surface area contributed by atoms with Gasteiger partial charge in [0.25, 0.3) is 0 Å². The third kappa shape index (κ3) is 16.2. The predicted octanol–water partition coefficient (Wildman–Crippen LogP) is -0.0196. The van der Waals surface area contributed by atoms with Crippen LogP contribution < -0.4 is 27.4 Å². The largest absolute Gasteiger partial charge is 0.379 e. The Kier molecular flexibility index (Phi) is 18.6. The second-order valence-electron chi connectivity index (χ2n) is 10.6. The second kappa shape index (κ2) is 21.3. The molecule has 0 radical (unpaired) electrons. The standard InChI is InChI=1S/C28H50N8O6/c1-4-31-23(28(30)41)10-6-8-15-33-25(38)13-17-42-18-16-36-19-21(34-35-36)11-12-24(37)32-14-7-5-9-22(27(29)40)26(39)20(2)3/h19-20,22-23,31H,4-18H2,1-3H3,(H2,29,40)(H2,30,41)(H,32,37)(H,33,38). The summed E-state index contributed by atoms with van der Waals surface area (Å²) in [4.78, 5) is 59.0. The van der Waals surface area contributed by atoms with Gasteiger partial charge in [0.2, 0.25) is 23.6 Å². The summed E-state index contributed by atoms with van der Waals surface area (Å²) in [6, 6.07) is -0.333. The lowest BCUT2D eigenvalue weighted by Gasteiger charge is -2.14. The van der Waals surface area contributed by atoms with E-state index < -0.39 is 11.8 Å². The molecule has 0 aromatic carbocycles. The molecular formula is C28H50N8O6. The zero-order chi connectivity index (χ0) is 31.3. The molecule has 0 aliphatic heterocycles. The quantitative estimate of drug-likeness (QED) is 0.0759. The van der Waals surface area contributed by atoms with E-state index in [9.17, 15) is 24.0 Å². The predicted molar refractivity (Wildman–Crippen MR) is 157 cm³/mol. The molecule has 14 nitrogen and oxygen atoms in total. The van der Waals surface area contributed by atoms with Gasteiger partial charge in [-0.05, 0) is 38.6 Å². The summed E-state index contributed by atoms with van der Waals surface area (Å²) < 4.78 is 7.16. The fraction of sp³-hybridized carbons (Fsp3) is 0.750. The van der Waals surface area contributed by atoms with E-state index in [2.05, 4.69) is 26.3 Å². The fourth-order valence-corrected chi connectivity index (χ4v) is 4.23. The summed E-state index contributed by atoms with van der Waals surface area (Å²) in [5.74, 6) is -2.32. The number of hydrogen-bond donors (Lipinski definition) is 5. The SMILES string of the molecule is CCNC(CCCCNC(=O)CCOCCn1cc(CCC(=O)NCCCCC(C(N)=O)C(=O)C(C)C)nn1)C(N)=O. The molecule has 0 aliphatic carbocycles. The number of primary amides is 2. The maximum absolute atomic E-state index is 12.1. The summed E-state index contributed by atoms with van der Waals surface area (Å²) in [5.41, 5.74) is 11.4. The van der Waals surface area contributed by atoms with E-state index >= 15 is 0 Å². The molecule has 0 spiro atoms. The van der Waals surface area contributed by atoms with Gasteiger partial charge in [-0.2, -0.15) is 0 Å². The van der Waals surface area contributed by atoms with Gasteiger partial charge in [-0.3, -0.25) is 24.0 Å². The lowest BCUT2D eigenvalue weighted by molar-refractivity contribution is -0.134. The van der Waals surface area contributed by atoms with Gasteiger partial charge in [0.05, 0.1) is 37.4 Å². The molecule has 1 aromatic rings. The molecule has 238 valence electrons. The van der Waals surface area contributed by atoms with E-state index in [0.717, 1.165) is 12.8 Å². The lowest BCUT2D eigenvalue weighted by Crippen LogP contribution is -2.41. The Morgan fingerprint density at radius 2 is 1.55 bits per heavy atom. The zero-order valence-electron chi connectivity index (χ0n) is 25.4. The number of carbonyl (C=O) groups is 5. The minimum atomic E-state index is -0.771. The minimum absolute atomic E-state index is 0.0921. The van der Waals surface area contributed by atoms with E-state index in [-0.39, 0.29) is 54.9 Å². The minimum Gasteiger partial charge on any atom is -0.379 e. The van der Waals surface area contributed by atoms with Gasteiger partial charge in [0.1, 0.15) is 5.78 Å². The van der Waals surface area contributed by atoms with E-state index in [0.29, 0.717) is 70.6 Å². The molecular weight excluding hydrogens is 544 g/mol. The van der Waals surface area contributed by atoms with E-state index in [1.807, 2.05) is 6.92 Å². The van der Waals surface area contributed by atoms with Gasteiger partial charge < -0.3 is 32.2 Å². The molecule has 1 aromatic heterocycles. The van der Waals surface area contributed by atoms with E-state index in [4.69, 9.17) is 16.2 Å². The number of nitrogens with one attached hydrogen (secondary N) is 3. The Morgan fingerprint density at radius 1 is 0.905 bits per heavy atom. The van der Waals surface area contributed by atoms with Crippen molar-refractivity contribution in [1.82, 2.24) is 30.9 Å². The van der Waals surface area contributed by atoms with Crippen LogP contribution in [0.15, 0.2) is 6.20 Å². The number of amides is 4. The first-order valence-corrected chi connectivity index (χ1v) is 14.9. The average Bonchev–Trinajstić information content (AvgIpc) is 3.39. The van der Waals surface area contributed by atoms with Crippen LogP contribution in [0.1, 0.15) is 77.8 Å². The molecule has 1 heterocycles. The maximum Gasteiger partial charge on any atom is 0.234 e. The Labute approximate surface area is 248 Å². The Balaban J connectivity index is 2.11. The van der Waals surface area contributed by atoms with Crippen LogP contribution in [-0.2, 0) is 41.7 Å². The van der Waals surface area contributed by atoms with Crippen LogP contribution in [0.3, 0.4) is 0 Å². The number of carbonyl (C=O) groups excluding carboxylic acids is 5. The Morgan fingerprint density at radius 3 is 2.14 bits per heavy atom. The van der Waals surface area contributed by atoms with Crippen LogP contribution in [0.4, 0.5) is 0 Å². The van der Waals surface area contributed by atoms with Crippen molar-refractivity contribution in [3.8, 4) is 0 Å². The van der Waals surface area contributed by atoms with Crippen molar-refractivity contribution in [3.63, 3.8) is 0 Å². The van der Waals surface area contributed by atoms with Crippen molar-refractivity contribution in [1.29, 1.82) is 0 Å². The number of ether oxygens (including phenoxy) is 1. The van der Waals surface area contributed by atoms with Gasteiger partial charge in [0.15, 0.2) is 0 Å². The molecule has 0 fully saturated rings. The van der Waals surface area contributed by atoms with Crippen molar-refractivity contribution in [3.05, 3.63) is 11.9 Å². The highest BCUT2D eigenvalue weighted by molar-refractivity contribution is 6.01. The summed E-state index contributed by atoms with van der Waals surface area (Å²) >= 11 is 0. The number of nitrogens with two attached hydrogens (primary N) is 2. The van der Waals surface area contributed by atoms with Gasteiger partial charge >= 0.3 is 0 Å². The van der Waals surface area contributed by atoms with Gasteiger partial charge in [0, 0.05) is 44.5 Å². The monoisotopic (exact) mass is 594 g/mol. The Hall–Kier alpha value is -3.39. The highest BCUT2D eigenvalue weighted by Gasteiger charge is 2.25. The third-order valence-electron chi connectivity index (χ3n) is 6.67. The number of likely N-dealkylation sites (N-methyl/N-ethyl adjacent to an activating group) is 1. The molecule has 14 heteroatoms. The zero-order valence-corrected chi connectivity index (χ0v) is 25.4. The van der Waals surface area contributed by atoms with Crippen LogP contribution in [0.5, 0.6) is 0 Å². The summed E-state index contributed by atoms with van der Waals surface area (Å²) in [7, 11) is 0. The smallest absolute Gasteiger partial charge is 0.234 e. The first kappa shape index (κ1) is 36.6. The number of unbranched alkanes of at least 4 members (excludes halogenated alkanes) is 2. The number of ketones is 1. The highest BCUT2D eigenvalue weighted by Crippen LogP contribution is 2.14. The van der Waals surface area contributed by atoms with Crippen LogP contribution in [-0.4, -0.2) is 83.3 Å². The van der Waals surface area contributed by atoms with E-state index in [1.54, 1.807) is 24.7 Å². The van der Waals surface area contributed by atoms with Crippen molar-refractivity contribution >= 4 is 29.4 Å². The van der Waals surface area contributed by atoms with Crippen LogP contribution in [0.25, 0.3) is 0 Å². The lowest BCUT2D eigenvalue weighted by atomic mass is 9.90. The normalized spacial score (nSPS) is 12.6. The number of Topliss-reactive ketones (excluding diaryl/α,β-unsaturated/α-hetero) is 1. The second-order valence-corrected chi connectivity index (χ2v) is 10.6. The molecule has 0 saturated heterocycles. The molecule has 1 rings (SSSR count). The first-order chi connectivity index (χ1) is 20.0. The van der Waals surface area contributed by atoms with Crippen LogP contribution in [0.2, 0.25) is 0 Å². The molecule has 0 aliphatic rings. The number of aromatic nitrogens is 3. The molecule has 4 amide bonds. The van der Waals surface area contributed by atoms with Crippen molar-refractivity contribution in [2.75, 3.05) is 32.8 Å². The van der Waals surface area contributed by atoms with Gasteiger partial charge in [-0.1, -0.05) is 32.4 Å². The van der Waals surface area contributed by atoms with Crippen LogP contribution >= 0.6 is 0 Å².